The fourth-order valence-electron chi connectivity index (χ4n) is 5.03. The van der Waals surface area contributed by atoms with Crippen LogP contribution in [0.15, 0.2) is 54.6 Å². The maximum Gasteiger partial charge on any atom is 0.247 e. The number of rotatable bonds is 8. The molecule has 0 radical (unpaired) electrons. The van der Waals surface area contributed by atoms with Crippen molar-refractivity contribution in [2.45, 2.75) is 70.9 Å². The van der Waals surface area contributed by atoms with Gasteiger partial charge in [0.25, 0.3) is 0 Å². The lowest BCUT2D eigenvalue weighted by Gasteiger charge is -2.35. The standard InChI is InChI=1S/C31H44N4O5/c1-7-20(4)27(35(5)6)31(39)34-26-28(19(2)3)40-23-15-13-22(14-16-23)25(36)18-32-29(37)24(33-30(26)38)17-21-11-9-8-10-12-21/h8-16,19-20,24-28,36H,7,17-18H2,1-6H3,(H,32,37)(H,33,38)(H,34,39)/t20-,24+,25-,26+,27+,28+/m0/s1. The highest BCUT2D eigenvalue weighted by Gasteiger charge is 2.38. The second-order valence-electron chi connectivity index (χ2n) is 11.2. The highest BCUT2D eigenvalue weighted by molar-refractivity contribution is 5.93. The van der Waals surface area contributed by atoms with Gasteiger partial charge in [0.1, 0.15) is 23.9 Å². The number of aliphatic hydroxyl groups is 1. The molecule has 0 saturated heterocycles. The zero-order valence-corrected chi connectivity index (χ0v) is 24.4. The molecule has 2 aromatic rings. The minimum absolute atomic E-state index is 0.0194. The summed E-state index contributed by atoms with van der Waals surface area (Å²) in [5.41, 5.74) is 1.49. The largest absolute Gasteiger partial charge is 0.487 e. The molecule has 0 spiro atoms. The number of amides is 3. The van der Waals surface area contributed by atoms with Gasteiger partial charge >= 0.3 is 0 Å². The molecule has 9 nitrogen and oxygen atoms in total. The Morgan fingerprint density at radius 1 is 1.05 bits per heavy atom. The molecule has 2 bridgehead atoms. The number of hydrogen-bond donors (Lipinski definition) is 4. The summed E-state index contributed by atoms with van der Waals surface area (Å²) in [6.07, 6.45) is -0.633. The Morgan fingerprint density at radius 3 is 2.27 bits per heavy atom. The predicted molar refractivity (Wildman–Crippen MR) is 155 cm³/mol. The molecule has 2 aliphatic heterocycles. The number of nitrogens with one attached hydrogen (secondary N) is 3. The third-order valence-corrected chi connectivity index (χ3v) is 7.50. The first-order valence-corrected chi connectivity index (χ1v) is 14.0. The van der Waals surface area contributed by atoms with Crippen LogP contribution in [0.5, 0.6) is 5.75 Å². The van der Waals surface area contributed by atoms with Crippen LogP contribution in [-0.2, 0) is 20.8 Å². The molecule has 0 aliphatic carbocycles. The van der Waals surface area contributed by atoms with Crippen LogP contribution in [0.1, 0.15) is 51.3 Å². The predicted octanol–water partition coefficient (Wildman–Crippen LogP) is 2.44. The Morgan fingerprint density at radius 2 is 1.70 bits per heavy atom. The Bertz CT molecular complexity index is 1120. The van der Waals surface area contributed by atoms with Gasteiger partial charge in [0, 0.05) is 13.0 Å². The van der Waals surface area contributed by atoms with Crippen molar-refractivity contribution in [3.63, 3.8) is 0 Å². The van der Waals surface area contributed by atoms with E-state index < -0.39 is 42.1 Å². The van der Waals surface area contributed by atoms with Crippen LogP contribution in [-0.4, -0.2) is 72.6 Å². The zero-order valence-electron chi connectivity index (χ0n) is 24.4. The molecule has 0 saturated carbocycles. The van der Waals surface area contributed by atoms with Gasteiger partial charge in [-0.1, -0.05) is 76.6 Å². The molecule has 2 aromatic carbocycles. The molecule has 6 atom stereocenters. The van der Waals surface area contributed by atoms with E-state index in [0.29, 0.717) is 11.3 Å². The van der Waals surface area contributed by atoms with Gasteiger partial charge in [0.2, 0.25) is 17.7 Å². The van der Waals surface area contributed by atoms with E-state index in [4.69, 9.17) is 4.74 Å². The summed E-state index contributed by atoms with van der Waals surface area (Å²) < 4.78 is 6.33. The van der Waals surface area contributed by atoms with Crippen molar-refractivity contribution < 1.29 is 24.2 Å². The highest BCUT2D eigenvalue weighted by atomic mass is 16.5. The van der Waals surface area contributed by atoms with Gasteiger partial charge in [0.05, 0.1) is 12.1 Å². The maximum absolute atomic E-state index is 14.0. The van der Waals surface area contributed by atoms with Gasteiger partial charge in [-0.15, -0.1) is 0 Å². The number of nitrogens with zero attached hydrogens (tertiary/aromatic N) is 1. The van der Waals surface area contributed by atoms with Gasteiger partial charge in [0.15, 0.2) is 0 Å². The summed E-state index contributed by atoms with van der Waals surface area (Å²) >= 11 is 0. The second-order valence-corrected chi connectivity index (χ2v) is 11.2. The van der Waals surface area contributed by atoms with Crippen molar-refractivity contribution >= 4 is 17.7 Å². The Balaban J connectivity index is 2.03. The van der Waals surface area contributed by atoms with E-state index in [1.807, 2.05) is 77.0 Å². The van der Waals surface area contributed by atoms with Gasteiger partial charge < -0.3 is 25.8 Å². The van der Waals surface area contributed by atoms with Crippen LogP contribution < -0.4 is 20.7 Å². The zero-order chi connectivity index (χ0) is 29.4. The van der Waals surface area contributed by atoms with Crippen LogP contribution in [0.4, 0.5) is 0 Å². The summed E-state index contributed by atoms with van der Waals surface area (Å²) in [5, 5.41) is 19.3. The summed E-state index contributed by atoms with van der Waals surface area (Å²) in [6.45, 7) is 7.85. The Hall–Kier alpha value is -3.43. The van der Waals surface area contributed by atoms with Gasteiger partial charge in [-0.3, -0.25) is 19.3 Å². The molecule has 218 valence electrons. The molecule has 2 heterocycles. The van der Waals surface area contributed by atoms with Crippen molar-refractivity contribution in [3.05, 3.63) is 65.7 Å². The number of carbonyl (C=O) groups excluding carboxylic acids is 3. The summed E-state index contributed by atoms with van der Waals surface area (Å²) in [4.78, 5) is 42.8. The number of fused-ring (bicyclic) bond motifs is 11. The summed E-state index contributed by atoms with van der Waals surface area (Å²) in [7, 11) is 3.69. The smallest absolute Gasteiger partial charge is 0.247 e. The molecular weight excluding hydrogens is 508 g/mol. The normalized spacial score (nSPS) is 23.5. The topological polar surface area (TPSA) is 120 Å². The van der Waals surface area contributed by atoms with E-state index in [-0.39, 0.29) is 30.7 Å². The first kappa shape index (κ1) is 31.1. The van der Waals surface area contributed by atoms with E-state index in [1.165, 1.54) is 0 Å². The van der Waals surface area contributed by atoms with Crippen LogP contribution >= 0.6 is 0 Å². The lowest BCUT2D eigenvalue weighted by atomic mass is 9.94. The minimum Gasteiger partial charge on any atom is -0.487 e. The maximum atomic E-state index is 14.0. The van der Waals surface area contributed by atoms with Gasteiger partial charge in [-0.25, -0.2) is 0 Å². The number of likely N-dealkylation sites (N-methyl/N-ethyl adjacent to an activating group) is 1. The van der Waals surface area contributed by atoms with Crippen molar-refractivity contribution in [3.8, 4) is 5.75 Å². The van der Waals surface area contributed by atoms with E-state index in [2.05, 4.69) is 16.0 Å². The molecule has 3 amide bonds. The van der Waals surface area contributed by atoms with Crippen LogP contribution in [0.3, 0.4) is 0 Å². The number of ether oxygens (including phenoxy) is 1. The molecule has 0 unspecified atom stereocenters. The molecule has 40 heavy (non-hydrogen) atoms. The Kier molecular flexibility index (Phi) is 11.1. The summed E-state index contributed by atoms with van der Waals surface area (Å²) in [6, 6.07) is 13.8. The molecule has 9 heteroatoms. The van der Waals surface area contributed by atoms with Crippen molar-refractivity contribution in [2.75, 3.05) is 20.6 Å². The van der Waals surface area contributed by atoms with E-state index >= 15 is 0 Å². The molecule has 0 fully saturated rings. The van der Waals surface area contributed by atoms with Crippen molar-refractivity contribution in [2.24, 2.45) is 11.8 Å². The SMILES string of the molecule is CC[C@H](C)[C@H](C(=O)N[C@H]1C(=O)N[C@H](Cc2ccccc2)C(=O)NC[C@H](O)c2ccc(cc2)O[C@@H]1C(C)C)N(C)C. The first-order valence-electron chi connectivity index (χ1n) is 14.0. The third-order valence-electron chi connectivity index (χ3n) is 7.50. The summed E-state index contributed by atoms with van der Waals surface area (Å²) in [5.74, 6) is -0.837. The number of carbonyl (C=O) groups is 3. The monoisotopic (exact) mass is 552 g/mol. The minimum atomic E-state index is -1.07. The van der Waals surface area contributed by atoms with Gasteiger partial charge in [-0.05, 0) is 49.2 Å². The average molecular weight is 553 g/mol. The number of aliphatic hydroxyl groups excluding tert-OH is 1. The first-order chi connectivity index (χ1) is 19.0. The fourth-order valence-corrected chi connectivity index (χ4v) is 5.03. The third kappa shape index (κ3) is 8.05. The molecule has 4 N–H and O–H groups in total. The lowest BCUT2D eigenvalue weighted by Crippen LogP contribution is -2.62. The van der Waals surface area contributed by atoms with Crippen molar-refractivity contribution in [1.29, 1.82) is 0 Å². The number of hydrogen-bond acceptors (Lipinski definition) is 6. The van der Waals surface area contributed by atoms with Crippen molar-refractivity contribution in [1.82, 2.24) is 20.9 Å². The Labute approximate surface area is 237 Å². The van der Waals surface area contributed by atoms with E-state index in [0.717, 1.165) is 12.0 Å². The van der Waals surface area contributed by atoms with E-state index in [9.17, 15) is 19.5 Å². The van der Waals surface area contributed by atoms with Gasteiger partial charge in [-0.2, -0.15) is 0 Å². The van der Waals surface area contributed by atoms with Crippen LogP contribution in [0, 0.1) is 11.8 Å². The van der Waals surface area contributed by atoms with E-state index in [1.54, 1.807) is 24.3 Å². The number of benzene rings is 2. The highest BCUT2D eigenvalue weighted by Crippen LogP contribution is 2.23. The second kappa shape index (κ2) is 14.3. The molecule has 0 aromatic heterocycles. The molecule has 2 aliphatic rings. The van der Waals surface area contributed by atoms with Crippen LogP contribution in [0.25, 0.3) is 0 Å². The molecule has 4 rings (SSSR count). The quantitative estimate of drug-likeness (QED) is 0.399. The van der Waals surface area contributed by atoms with Crippen LogP contribution in [0.2, 0.25) is 0 Å². The fraction of sp³-hybridized carbons (Fsp3) is 0.516. The molecular formula is C31H44N4O5. The lowest BCUT2D eigenvalue weighted by molar-refractivity contribution is -0.137. The average Bonchev–Trinajstić information content (AvgIpc) is 2.93.